The second-order valence-electron chi connectivity index (χ2n) is 8.42. The highest BCUT2D eigenvalue weighted by atomic mass is 32.2. The van der Waals surface area contributed by atoms with Gasteiger partial charge in [0.2, 0.25) is 5.91 Å². The Bertz CT molecular complexity index is 802. The van der Waals surface area contributed by atoms with Crippen LogP contribution in [0.2, 0.25) is 0 Å². The maximum absolute atomic E-state index is 12.6. The molecule has 1 aromatic carbocycles. The van der Waals surface area contributed by atoms with Gasteiger partial charge in [-0.3, -0.25) is 4.79 Å². The van der Waals surface area contributed by atoms with Gasteiger partial charge in [0.25, 0.3) is 0 Å². The quantitative estimate of drug-likeness (QED) is 0.709. The monoisotopic (exact) mass is 398 g/mol. The van der Waals surface area contributed by atoms with Gasteiger partial charge in [0, 0.05) is 12.0 Å². The molecule has 28 heavy (non-hydrogen) atoms. The molecule has 0 bridgehead atoms. The van der Waals surface area contributed by atoms with Crippen molar-refractivity contribution in [3.8, 4) is 0 Å². The molecule has 3 atom stereocenters. The van der Waals surface area contributed by atoms with E-state index in [9.17, 15) is 4.79 Å². The van der Waals surface area contributed by atoms with Crippen LogP contribution in [0.5, 0.6) is 0 Å². The van der Waals surface area contributed by atoms with E-state index in [4.69, 9.17) is 0 Å². The third-order valence-corrected chi connectivity index (χ3v) is 7.22. The molecule has 2 fully saturated rings. The fraction of sp³-hybridized carbons (Fsp3) is 0.591. The van der Waals surface area contributed by atoms with Crippen molar-refractivity contribution in [2.45, 2.75) is 69.6 Å². The van der Waals surface area contributed by atoms with Crippen LogP contribution in [0.3, 0.4) is 0 Å². The van der Waals surface area contributed by atoms with Crippen molar-refractivity contribution < 1.29 is 4.79 Å². The highest BCUT2D eigenvalue weighted by molar-refractivity contribution is 7.99. The maximum atomic E-state index is 12.6. The Balaban J connectivity index is 1.39. The molecule has 150 valence electrons. The van der Waals surface area contributed by atoms with Crippen LogP contribution in [-0.2, 0) is 11.3 Å². The summed E-state index contributed by atoms with van der Waals surface area (Å²) in [4.78, 5) is 12.6. The lowest BCUT2D eigenvalue weighted by Gasteiger charge is -2.34. The maximum Gasteiger partial charge on any atom is 0.230 e. The summed E-state index contributed by atoms with van der Waals surface area (Å²) < 4.78 is 2.20. The smallest absolute Gasteiger partial charge is 0.230 e. The zero-order valence-electron chi connectivity index (χ0n) is 16.8. The summed E-state index contributed by atoms with van der Waals surface area (Å²) in [6.07, 6.45) is 5.96. The average Bonchev–Trinajstić information content (AvgIpc) is 3.47. The number of thioether (sulfide) groups is 1. The predicted octanol–water partition coefficient (Wildman–Crippen LogP) is 4.24. The van der Waals surface area contributed by atoms with Crippen molar-refractivity contribution in [2.75, 3.05) is 5.75 Å². The molecule has 2 aromatic rings. The minimum atomic E-state index is 0.109. The lowest BCUT2D eigenvalue weighted by atomic mass is 9.78. The molecule has 4 rings (SSSR count). The summed E-state index contributed by atoms with van der Waals surface area (Å²) in [6.45, 7) is 5.32. The number of nitrogens with zero attached hydrogens (tertiary/aromatic N) is 3. The highest BCUT2D eigenvalue weighted by Gasteiger charge is 2.31. The van der Waals surface area contributed by atoms with Crippen LogP contribution in [0.4, 0.5) is 0 Å². The summed E-state index contributed by atoms with van der Waals surface area (Å²) in [5.74, 6) is 3.34. The van der Waals surface area contributed by atoms with Gasteiger partial charge in [-0.2, -0.15) is 0 Å². The summed E-state index contributed by atoms with van der Waals surface area (Å²) in [5.41, 5.74) is 1.24. The van der Waals surface area contributed by atoms with Crippen LogP contribution in [-0.4, -0.2) is 32.5 Å². The first-order valence-corrected chi connectivity index (χ1v) is 11.5. The topological polar surface area (TPSA) is 59.8 Å². The zero-order chi connectivity index (χ0) is 19.5. The zero-order valence-corrected chi connectivity index (χ0v) is 17.6. The van der Waals surface area contributed by atoms with E-state index in [-0.39, 0.29) is 5.91 Å². The first-order chi connectivity index (χ1) is 13.6. The molecule has 1 N–H and O–H groups in total. The predicted molar refractivity (Wildman–Crippen MR) is 112 cm³/mol. The second kappa shape index (κ2) is 8.68. The van der Waals surface area contributed by atoms with Crippen LogP contribution in [0.1, 0.15) is 63.3 Å². The summed E-state index contributed by atoms with van der Waals surface area (Å²) >= 11 is 1.51. The molecule has 5 nitrogen and oxygen atoms in total. The number of benzene rings is 1. The summed E-state index contributed by atoms with van der Waals surface area (Å²) in [7, 11) is 0. The van der Waals surface area contributed by atoms with E-state index >= 15 is 0 Å². The molecule has 1 aromatic heterocycles. The number of carbonyl (C=O) groups is 1. The fourth-order valence-electron chi connectivity index (χ4n) is 4.13. The Morgan fingerprint density at radius 1 is 1.14 bits per heavy atom. The fourth-order valence-corrected chi connectivity index (χ4v) is 4.89. The lowest BCUT2D eigenvalue weighted by Crippen LogP contribution is -2.44. The van der Waals surface area contributed by atoms with Crippen LogP contribution < -0.4 is 5.32 Å². The van der Waals surface area contributed by atoms with Gasteiger partial charge >= 0.3 is 0 Å². The van der Waals surface area contributed by atoms with Crippen molar-refractivity contribution in [3.05, 3.63) is 41.7 Å². The Morgan fingerprint density at radius 2 is 1.93 bits per heavy atom. The van der Waals surface area contributed by atoms with Gasteiger partial charge in [0.1, 0.15) is 5.82 Å². The molecular formula is C22H30N4OS. The number of aromatic nitrogens is 3. The third-order valence-electron chi connectivity index (χ3n) is 6.26. The van der Waals surface area contributed by atoms with Crippen LogP contribution in [0.15, 0.2) is 35.5 Å². The highest BCUT2D eigenvalue weighted by Crippen LogP contribution is 2.40. The third kappa shape index (κ3) is 4.59. The van der Waals surface area contributed by atoms with E-state index in [2.05, 4.69) is 58.2 Å². The lowest BCUT2D eigenvalue weighted by molar-refractivity contribution is -0.120. The Hall–Kier alpha value is -1.82. The molecule has 0 radical (unpaired) electrons. The van der Waals surface area contributed by atoms with Gasteiger partial charge in [-0.1, -0.05) is 68.8 Å². The summed E-state index contributed by atoms with van der Waals surface area (Å²) in [6, 6.07) is 10.7. The molecule has 0 spiro atoms. The van der Waals surface area contributed by atoms with E-state index in [1.54, 1.807) is 0 Å². The number of nitrogens with one attached hydrogen (secondary N) is 1. The molecule has 3 unspecified atom stereocenters. The molecule has 2 aliphatic carbocycles. The van der Waals surface area contributed by atoms with Crippen LogP contribution in [0, 0.1) is 11.8 Å². The van der Waals surface area contributed by atoms with Crippen molar-refractivity contribution in [1.82, 2.24) is 20.1 Å². The van der Waals surface area contributed by atoms with Gasteiger partial charge in [0.05, 0.1) is 12.3 Å². The van der Waals surface area contributed by atoms with E-state index in [0.717, 1.165) is 23.9 Å². The van der Waals surface area contributed by atoms with Crippen molar-refractivity contribution in [3.63, 3.8) is 0 Å². The number of carbonyl (C=O) groups excluding carboxylic acids is 1. The van der Waals surface area contributed by atoms with Crippen molar-refractivity contribution in [2.24, 2.45) is 11.8 Å². The normalized spacial score (nSPS) is 24.9. The van der Waals surface area contributed by atoms with E-state index < -0.39 is 0 Å². The number of hydrogen-bond acceptors (Lipinski definition) is 4. The van der Waals surface area contributed by atoms with E-state index in [1.807, 2.05) is 6.07 Å². The number of amides is 1. The first-order valence-electron chi connectivity index (χ1n) is 10.5. The summed E-state index contributed by atoms with van der Waals surface area (Å²) in [5, 5.41) is 13.0. The number of hydrogen-bond donors (Lipinski definition) is 1. The van der Waals surface area contributed by atoms with Crippen molar-refractivity contribution in [1.29, 1.82) is 0 Å². The second-order valence-corrected chi connectivity index (χ2v) is 9.36. The van der Waals surface area contributed by atoms with Crippen LogP contribution >= 0.6 is 11.8 Å². The van der Waals surface area contributed by atoms with Crippen LogP contribution in [0.25, 0.3) is 0 Å². The van der Waals surface area contributed by atoms with Gasteiger partial charge in [-0.15, -0.1) is 10.2 Å². The molecule has 0 aliphatic heterocycles. The van der Waals surface area contributed by atoms with Gasteiger partial charge < -0.3 is 9.88 Å². The Kier molecular flexibility index (Phi) is 6.04. The Labute approximate surface area is 171 Å². The SMILES string of the molecule is CC1CCCC(NC(=O)CSc2nnc(C3CC3)n2Cc2ccccc2)C1C. The standard InChI is InChI=1S/C22H30N4OS/c1-15-7-6-10-19(16(15)2)23-20(27)14-28-22-25-24-21(18-11-12-18)26(22)13-17-8-4-3-5-9-17/h3-5,8-9,15-16,18-19H,6-7,10-14H2,1-2H3,(H,23,27). The molecule has 1 heterocycles. The molecular weight excluding hydrogens is 368 g/mol. The Morgan fingerprint density at radius 3 is 2.68 bits per heavy atom. The minimum absolute atomic E-state index is 0.109. The van der Waals surface area contributed by atoms with Gasteiger partial charge in [-0.05, 0) is 36.7 Å². The largest absolute Gasteiger partial charge is 0.352 e. The van der Waals surface area contributed by atoms with Gasteiger partial charge in [-0.25, -0.2) is 0 Å². The van der Waals surface area contributed by atoms with E-state index in [1.165, 1.54) is 43.0 Å². The molecule has 1 amide bonds. The molecule has 0 saturated heterocycles. The first kappa shape index (κ1) is 19.5. The average molecular weight is 399 g/mol. The molecule has 6 heteroatoms. The molecule has 2 aliphatic rings. The number of rotatable bonds is 7. The minimum Gasteiger partial charge on any atom is -0.352 e. The van der Waals surface area contributed by atoms with Crippen molar-refractivity contribution >= 4 is 17.7 Å². The van der Waals surface area contributed by atoms with E-state index in [0.29, 0.717) is 29.5 Å². The molecule has 2 saturated carbocycles. The van der Waals surface area contributed by atoms with Gasteiger partial charge in [0.15, 0.2) is 5.16 Å².